The van der Waals surface area contributed by atoms with E-state index in [2.05, 4.69) is 25.6 Å². The fraction of sp³-hybridized carbons (Fsp3) is 0.208. The minimum atomic E-state index is -0.117. The van der Waals surface area contributed by atoms with Gasteiger partial charge in [0.1, 0.15) is 5.82 Å². The quantitative estimate of drug-likeness (QED) is 0.507. The second kappa shape index (κ2) is 7.40. The van der Waals surface area contributed by atoms with Gasteiger partial charge in [0.15, 0.2) is 5.65 Å². The van der Waals surface area contributed by atoms with E-state index in [0.29, 0.717) is 36.6 Å². The number of likely N-dealkylation sites (tertiary alicyclic amines) is 1. The molecule has 0 saturated carbocycles. The van der Waals surface area contributed by atoms with Gasteiger partial charge in [0, 0.05) is 56.6 Å². The maximum absolute atomic E-state index is 12.7. The number of aromatic nitrogens is 4. The van der Waals surface area contributed by atoms with Crippen LogP contribution >= 0.6 is 0 Å². The standard InChI is InChI=1S/C24H21N7O2/c1-30-13-15(8-22(30)32)14-2-5-20(26-9-14)29-18-4-3-16(17-10-28-24(33)23(17)18)19-11-27-21-12-25-6-7-31(19)21/h2-7,9,11-12,15H,8,10,13H2,1H3,(H,26,29)(H,28,33). The van der Waals surface area contributed by atoms with Crippen molar-refractivity contribution in [3.63, 3.8) is 0 Å². The van der Waals surface area contributed by atoms with Crippen LogP contribution in [0.1, 0.15) is 33.8 Å². The molecule has 9 nitrogen and oxygen atoms in total. The molecular formula is C24H21N7O2. The van der Waals surface area contributed by atoms with Crippen LogP contribution < -0.4 is 10.6 Å². The predicted octanol–water partition coefficient (Wildman–Crippen LogP) is 2.72. The van der Waals surface area contributed by atoms with Gasteiger partial charge in [-0.25, -0.2) is 9.97 Å². The van der Waals surface area contributed by atoms with Crippen molar-refractivity contribution in [1.82, 2.24) is 29.6 Å². The van der Waals surface area contributed by atoms with E-state index in [-0.39, 0.29) is 17.7 Å². The second-order valence-corrected chi connectivity index (χ2v) is 8.42. The van der Waals surface area contributed by atoms with Gasteiger partial charge >= 0.3 is 0 Å². The van der Waals surface area contributed by atoms with Crippen molar-refractivity contribution in [1.29, 1.82) is 0 Å². The number of hydrogen-bond acceptors (Lipinski definition) is 6. The summed E-state index contributed by atoms with van der Waals surface area (Å²) >= 11 is 0. The van der Waals surface area contributed by atoms with Crippen molar-refractivity contribution < 1.29 is 9.59 Å². The van der Waals surface area contributed by atoms with Crippen LogP contribution in [0.3, 0.4) is 0 Å². The van der Waals surface area contributed by atoms with Crippen molar-refractivity contribution >= 4 is 29.0 Å². The van der Waals surface area contributed by atoms with Gasteiger partial charge in [-0.1, -0.05) is 12.1 Å². The average molecular weight is 439 g/mol. The molecule has 0 bridgehead atoms. The predicted molar refractivity (Wildman–Crippen MR) is 122 cm³/mol. The maximum Gasteiger partial charge on any atom is 0.254 e. The highest BCUT2D eigenvalue weighted by Crippen LogP contribution is 2.35. The Morgan fingerprint density at radius 3 is 2.79 bits per heavy atom. The molecule has 2 N–H and O–H groups in total. The Morgan fingerprint density at radius 1 is 1.09 bits per heavy atom. The number of imidazole rings is 1. The lowest BCUT2D eigenvalue weighted by Gasteiger charge is -2.14. The zero-order valence-corrected chi connectivity index (χ0v) is 17.9. The number of anilines is 2. The van der Waals surface area contributed by atoms with Crippen molar-refractivity contribution in [2.24, 2.45) is 0 Å². The van der Waals surface area contributed by atoms with E-state index in [1.165, 1.54) is 0 Å². The van der Waals surface area contributed by atoms with Crippen LogP contribution in [-0.4, -0.2) is 49.7 Å². The summed E-state index contributed by atoms with van der Waals surface area (Å²) in [4.78, 5) is 39.4. The van der Waals surface area contributed by atoms with Crippen LogP contribution in [0.25, 0.3) is 16.9 Å². The lowest BCUT2D eigenvalue weighted by molar-refractivity contribution is -0.126. The van der Waals surface area contributed by atoms with E-state index in [4.69, 9.17) is 0 Å². The van der Waals surface area contributed by atoms with E-state index in [0.717, 1.165) is 28.0 Å². The Kier molecular flexibility index (Phi) is 4.36. The molecule has 5 heterocycles. The molecule has 33 heavy (non-hydrogen) atoms. The van der Waals surface area contributed by atoms with Crippen LogP contribution in [0, 0.1) is 0 Å². The lowest BCUT2D eigenvalue weighted by atomic mass is 9.99. The van der Waals surface area contributed by atoms with E-state index >= 15 is 0 Å². The molecule has 1 aromatic carbocycles. The van der Waals surface area contributed by atoms with Gasteiger partial charge in [-0.2, -0.15) is 0 Å². The van der Waals surface area contributed by atoms with E-state index in [1.807, 2.05) is 41.9 Å². The molecule has 4 aromatic rings. The minimum Gasteiger partial charge on any atom is -0.348 e. The van der Waals surface area contributed by atoms with Gasteiger partial charge < -0.3 is 15.5 Å². The number of nitrogens with zero attached hydrogens (tertiary/aromatic N) is 5. The number of amides is 2. The first kappa shape index (κ1) is 19.4. The van der Waals surface area contributed by atoms with Crippen LogP contribution in [0.4, 0.5) is 11.5 Å². The lowest BCUT2D eigenvalue weighted by Crippen LogP contribution is -2.18. The van der Waals surface area contributed by atoms with E-state index in [1.54, 1.807) is 29.7 Å². The molecule has 0 spiro atoms. The van der Waals surface area contributed by atoms with Crippen LogP contribution in [0.5, 0.6) is 0 Å². The number of rotatable bonds is 4. The molecular weight excluding hydrogens is 418 g/mol. The highest BCUT2D eigenvalue weighted by molar-refractivity contribution is 6.06. The topological polar surface area (TPSA) is 105 Å². The third-order valence-corrected chi connectivity index (χ3v) is 6.42. The number of pyridine rings is 1. The number of carbonyl (C=O) groups is 2. The normalized spacial score (nSPS) is 17.5. The third kappa shape index (κ3) is 3.20. The first-order valence-corrected chi connectivity index (χ1v) is 10.8. The largest absolute Gasteiger partial charge is 0.348 e. The number of nitrogens with one attached hydrogen (secondary N) is 2. The molecule has 2 amide bonds. The van der Waals surface area contributed by atoms with Gasteiger partial charge in [-0.15, -0.1) is 0 Å². The number of hydrogen-bond donors (Lipinski definition) is 2. The maximum atomic E-state index is 12.7. The molecule has 3 aromatic heterocycles. The average Bonchev–Trinajstić information content (AvgIpc) is 3.52. The molecule has 0 radical (unpaired) electrons. The zero-order valence-electron chi connectivity index (χ0n) is 17.9. The summed E-state index contributed by atoms with van der Waals surface area (Å²) < 4.78 is 1.96. The van der Waals surface area contributed by atoms with Crippen molar-refractivity contribution in [2.75, 3.05) is 18.9 Å². The summed E-state index contributed by atoms with van der Waals surface area (Å²) in [6.07, 6.45) is 9.40. The van der Waals surface area contributed by atoms with E-state index < -0.39 is 0 Å². The van der Waals surface area contributed by atoms with Gasteiger partial charge in [-0.3, -0.25) is 19.0 Å². The summed E-state index contributed by atoms with van der Waals surface area (Å²) in [7, 11) is 1.82. The Hall–Kier alpha value is -4.27. The summed E-state index contributed by atoms with van der Waals surface area (Å²) in [5.74, 6) is 0.853. The SMILES string of the molecule is CN1CC(c2ccc(Nc3ccc(-c4cnc5cnccn45)c4c3C(=O)NC4)nc2)CC1=O. The molecule has 0 aliphatic carbocycles. The molecule has 1 fully saturated rings. The highest BCUT2D eigenvalue weighted by Gasteiger charge is 2.29. The summed E-state index contributed by atoms with van der Waals surface area (Å²) in [6, 6.07) is 7.79. The molecule has 1 atom stereocenters. The fourth-order valence-corrected chi connectivity index (χ4v) is 4.68. The molecule has 6 rings (SSSR count). The zero-order chi connectivity index (χ0) is 22.5. The molecule has 2 aliphatic heterocycles. The number of likely N-dealkylation sites (N-methyl/N-ethyl adjacent to an activating group) is 1. The summed E-state index contributed by atoms with van der Waals surface area (Å²) in [6.45, 7) is 1.16. The number of benzene rings is 1. The molecule has 164 valence electrons. The fourth-order valence-electron chi connectivity index (χ4n) is 4.68. The first-order valence-electron chi connectivity index (χ1n) is 10.8. The van der Waals surface area contributed by atoms with Crippen LogP contribution in [-0.2, 0) is 11.3 Å². The number of fused-ring (bicyclic) bond motifs is 2. The van der Waals surface area contributed by atoms with Crippen molar-refractivity contribution in [2.45, 2.75) is 18.9 Å². The molecule has 9 heteroatoms. The first-order chi connectivity index (χ1) is 16.1. The van der Waals surface area contributed by atoms with Crippen LogP contribution in [0.2, 0.25) is 0 Å². The highest BCUT2D eigenvalue weighted by atomic mass is 16.2. The molecule has 2 aliphatic rings. The Bertz CT molecular complexity index is 1410. The minimum absolute atomic E-state index is 0.117. The Balaban J connectivity index is 1.32. The number of carbonyl (C=O) groups excluding carboxylic acids is 2. The molecule has 1 saturated heterocycles. The second-order valence-electron chi connectivity index (χ2n) is 8.42. The van der Waals surface area contributed by atoms with Crippen molar-refractivity contribution in [3.8, 4) is 11.3 Å². The Labute approximate surface area is 189 Å². The van der Waals surface area contributed by atoms with Gasteiger partial charge in [0.25, 0.3) is 5.91 Å². The molecule has 1 unspecified atom stereocenters. The Morgan fingerprint density at radius 2 is 2.00 bits per heavy atom. The van der Waals surface area contributed by atoms with Gasteiger partial charge in [0.2, 0.25) is 5.91 Å². The van der Waals surface area contributed by atoms with E-state index in [9.17, 15) is 9.59 Å². The summed E-state index contributed by atoms with van der Waals surface area (Å²) in [5.41, 5.74) is 5.89. The summed E-state index contributed by atoms with van der Waals surface area (Å²) in [5, 5.41) is 6.24. The van der Waals surface area contributed by atoms with Gasteiger partial charge in [0.05, 0.1) is 29.3 Å². The smallest absolute Gasteiger partial charge is 0.254 e. The van der Waals surface area contributed by atoms with Gasteiger partial charge in [-0.05, 0) is 23.3 Å². The van der Waals surface area contributed by atoms with Crippen LogP contribution in [0.15, 0.2) is 55.2 Å². The van der Waals surface area contributed by atoms with Crippen molar-refractivity contribution in [3.05, 3.63) is 71.9 Å². The third-order valence-electron chi connectivity index (χ3n) is 6.42. The monoisotopic (exact) mass is 439 g/mol.